The molecule has 1 fully saturated rings. The van der Waals surface area contributed by atoms with Crippen LogP contribution in [0.5, 0.6) is 0 Å². The van der Waals surface area contributed by atoms with Gasteiger partial charge in [-0.15, -0.1) is 0 Å². The van der Waals surface area contributed by atoms with Gasteiger partial charge in [0, 0.05) is 25.7 Å². The molecule has 156 valence electrons. The smallest absolute Gasteiger partial charge is 0.0951 e. The standard InChI is InChI=1S/C26H30N2O2/c29-21-25(20-28-16-18-30-19-17-28)27-26(22-10-4-1-5-11-22,23-12-6-2-7-13-23)24-14-8-3-9-15-24/h1-15,25,27,29H,16-21H2/t25-/m0/s1. The van der Waals surface area contributed by atoms with Crippen molar-refractivity contribution in [1.29, 1.82) is 0 Å². The Labute approximate surface area is 179 Å². The zero-order valence-corrected chi connectivity index (χ0v) is 17.3. The second-order valence-corrected chi connectivity index (χ2v) is 7.78. The molecule has 3 aromatic rings. The van der Waals surface area contributed by atoms with Crippen LogP contribution in [0.1, 0.15) is 16.7 Å². The van der Waals surface area contributed by atoms with E-state index in [-0.39, 0.29) is 12.6 Å². The Balaban J connectivity index is 1.79. The van der Waals surface area contributed by atoms with Crippen molar-refractivity contribution in [3.05, 3.63) is 108 Å². The predicted octanol–water partition coefficient (Wildman–Crippen LogP) is 3.26. The maximum absolute atomic E-state index is 10.3. The van der Waals surface area contributed by atoms with Crippen molar-refractivity contribution in [2.24, 2.45) is 0 Å². The van der Waals surface area contributed by atoms with Gasteiger partial charge in [0.25, 0.3) is 0 Å². The topological polar surface area (TPSA) is 44.7 Å². The molecule has 4 heteroatoms. The summed E-state index contributed by atoms with van der Waals surface area (Å²) in [7, 11) is 0. The van der Waals surface area contributed by atoms with E-state index in [0.29, 0.717) is 0 Å². The molecule has 4 rings (SSSR count). The van der Waals surface area contributed by atoms with E-state index in [4.69, 9.17) is 4.74 Å². The van der Waals surface area contributed by atoms with Crippen molar-refractivity contribution in [3.8, 4) is 0 Å². The highest BCUT2D eigenvalue weighted by atomic mass is 16.5. The van der Waals surface area contributed by atoms with Crippen LogP contribution in [0.25, 0.3) is 0 Å². The third kappa shape index (κ3) is 4.47. The second kappa shape index (κ2) is 10.0. The van der Waals surface area contributed by atoms with Crippen LogP contribution in [0, 0.1) is 0 Å². The molecule has 0 radical (unpaired) electrons. The van der Waals surface area contributed by atoms with E-state index in [1.165, 1.54) is 0 Å². The highest BCUT2D eigenvalue weighted by Gasteiger charge is 2.38. The fourth-order valence-electron chi connectivity index (χ4n) is 4.37. The molecule has 0 unspecified atom stereocenters. The highest BCUT2D eigenvalue weighted by Crippen LogP contribution is 2.37. The molecule has 0 amide bonds. The van der Waals surface area contributed by atoms with Gasteiger partial charge in [-0.2, -0.15) is 0 Å². The van der Waals surface area contributed by atoms with Crippen molar-refractivity contribution >= 4 is 0 Å². The van der Waals surface area contributed by atoms with Crippen molar-refractivity contribution < 1.29 is 9.84 Å². The molecule has 0 bridgehead atoms. The third-order valence-electron chi connectivity index (χ3n) is 5.84. The van der Waals surface area contributed by atoms with Gasteiger partial charge in [0.1, 0.15) is 0 Å². The summed E-state index contributed by atoms with van der Waals surface area (Å²) in [5.74, 6) is 0. The van der Waals surface area contributed by atoms with Gasteiger partial charge in [0.15, 0.2) is 0 Å². The number of morpholine rings is 1. The number of rotatable bonds is 8. The largest absolute Gasteiger partial charge is 0.395 e. The molecule has 0 saturated carbocycles. The molecule has 1 saturated heterocycles. The Morgan fingerprint density at radius 1 is 0.767 bits per heavy atom. The Bertz CT molecular complexity index is 784. The maximum Gasteiger partial charge on any atom is 0.0951 e. The summed E-state index contributed by atoms with van der Waals surface area (Å²) in [6.07, 6.45) is 0. The Hall–Kier alpha value is -2.50. The van der Waals surface area contributed by atoms with Gasteiger partial charge < -0.3 is 9.84 Å². The Kier molecular flexibility index (Phi) is 6.92. The third-order valence-corrected chi connectivity index (χ3v) is 5.84. The number of nitrogens with zero attached hydrogens (tertiary/aromatic N) is 1. The first kappa shape index (κ1) is 20.8. The molecular weight excluding hydrogens is 372 g/mol. The summed E-state index contributed by atoms with van der Waals surface area (Å²) in [6.45, 7) is 4.12. The van der Waals surface area contributed by atoms with Gasteiger partial charge in [0.05, 0.1) is 25.4 Å². The van der Waals surface area contributed by atoms with Crippen molar-refractivity contribution in [3.63, 3.8) is 0 Å². The molecule has 30 heavy (non-hydrogen) atoms. The molecule has 0 aliphatic carbocycles. The van der Waals surface area contributed by atoms with Crippen LogP contribution in [0.4, 0.5) is 0 Å². The van der Waals surface area contributed by atoms with E-state index in [1.54, 1.807) is 0 Å². The Morgan fingerprint density at radius 3 is 1.60 bits per heavy atom. The summed E-state index contributed by atoms with van der Waals surface area (Å²) in [5.41, 5.74) is 2.90. The molecular formula is C26H30N2O2. The van der Waals surface area contributed by atoms with E-state index in [2.05, 4.69) is 83.0 Å². The molecule has 4 nitrogen and oxygen atoms in total. The summed E-state index contributed by atoms with van der Waals surface area (Å²) in [6, 6.07) is 31.5. The lowest BCUT2D eigenvalue weighted by molar-refractivity contribution is 0.0283. The van der Waals surface area contributed by atoms with Crippen LogP contribution < -0.4 is 5.32 Å². The zero-order valence-electron chi connectivity index (χ0n) is 17.3. The molecule has 1 heterocycles. The Morgan fingerprint density at radius 2 is 1.20 bits per heavy atom. The van der Waals surface area contributed by atoms with E-state index < -0.39 is 5.54 Å². The molecule has 0 aromatic heterocycles. The lowest BCUT2D eigenvalue weighted by Crippen LogP contribution is -2.55. The van der Waals surface area contributed by atoms with Gasteiger partial charge in [-0.05, 0) is 16.7 Å². The minimum Gasteiger partial charge on any atom is -0.395 e. The predicted molar refractivity (Wildman–Crippen MR) is 120 cm³/mol. The van der Waals surface area contributed by atoms with Crippen molar-refractivity contribution in [2.45, 2.75) is 11.6 Å². The molecule has 1 aliphatic rings. The number of aliphatic hydroxyl groups excluding tert-OH is 1. The summed E-state index contributed by atoms with van der Waals surface area (Å²) in [4.78, 5) is 2.36. The van der Waals surface area contributed by atoms with Gasteiger partial charge in [0.2, 0.25) is 0 Å². The second-order valence-electron chi connectivity index (χ2n) is 7.78. The van der Waals surface area contributed by atoms with Crippen LogP contribution in [0.3, 0.4) is 0 Å². The minimum absolute atomic E-state index is 0.0611. The summed E-state index contributed by atoms with van der Waals surface area (Å²) < 4.78 is 5.50. The highest BCUT2D eigenvalue weighted by molar-refractivity contribution is 5.49. The molecule has 0 spiro atoms. The lowest BCUT2D eigenvalue weighted by atomic mass is 9.76. The van der Waals surface area contributed by atoms with Crippen LogP contribution in [-0.2, 0) is 10.3 Å². The van der Waals surface area contributed by atoms with Crippen LogP contribution in [-0.4, -0.2) is 55.5 Å². The normalized spacial score (nSPS) is 16.3. The fourth-order valence-corrected chi connectivity index (χ4v) is 4.37. The average molecular weight is 403 g/mol. The quantitative estimate of drug-likeness (QED) is 0.568. The van der Waals surface area contributed by atoms with Crippen molar-refractivity contribution in [1.82, 2.24) is 10.2 Å². The molecule has 1 atom stereocenters. The molecule has 1 aliphatic heterocycles. The van der Waals surface area contributed by atoms with E-state index in [1.807, 2.05) is 18.2 Å². The molecule has 3 aromatic carbocycles. The maximum atomic E-state index is 10.3. The lowest BCUT2D eigenvalue weighted by Gasteiger charge is -2.41. The van der Waals surface area contributed by atoms with E-state index in [9.17, 15) is 5.11 Å². The fraction of sp³-hybridized carbons (Fsp3) is 0.308. The van der Waals surface area contributed by atoms with Crippen LogP contribution in [0.2, 0.25) is 0 Å². The number of hydrogen-bond acceptors (Lipinski definition) is 4. The number of hydrogen-bond donors (Lipinski definition) is 2. The number of aliphatic hydroxyl groups is 1. The monoisotopic (exact) mass is 402 g/mol. The molecule has 2 N–H and O–H groups in total. The first-order valence-electron chi connectivity index (χ1n) is 10.7. The van der Waals surface area contributed by atoms with Gasteiger partial charge in [-0.1, -0.05) is 91.0 Å². The number of ether oxygens (including phenoxy) is 1. The van der Waals surface area contributed by atoms with E-state index in [0.717, 1.165) is 49.5 Å². The number of nitrogens with one attached hydrogen (secondary N) is 1. The summed E-state index contributed by atoms with van der Waals surface area (Å²) >= 11 is 0. The summed E-state index contributed by atoms with van der Waals surface area (Å²) in [5, 5.41) is 14.2. The number of benzene rings is 3. The van der Waals surface area contributed by atoms with E-state index >= 15 is 0 Å². The average Bonchev–Trinajstić information content (AvgIpc) is 2.84. The van der Waals surface area contributed by atoms with Gasteiger partial charge >= 0.3 is 0 Å². The van der Waals surface area contributed by atoms with Gasteiger partial charge in [-0.3, -0.25) is 10.2 Å². The van der Waals surface area contributed by atoms with Crippen molar-refractivity contribution in [2.75, 3.05) is 39.5 Å². The van der Waals surface area contributed by atoms with Crippen LogP contribution >= 0.6 is 0 Å². The zero-order chi connectivity index (χ0) is 20.7. The minimum atomic E-state index is -0.566. The first-order valence-corrected chi connectivity index (χ1v) is 10.7. The van der Waals surface area contributed by atoms with Crippen LogP contribution in [0.15, 0.2) is 91.0 Å². The SMILES string of the molecule is OC[C@H](CN1CCOCC1)NC(c1ccccc1)(c1ccccc1)c1ccccc1. The van der Waals surface area contributed by atoms with Gasteiger partial charge in [-0.25, -0.2) is 0 Å². The first-order chi connectivity index (χ1) is 14.8.